The minimum atomic E-state index is 0.0208. The molecule has 0 unspecified atom stereocenters. The van der Waals surface area contributed by atoms with Crippen LogP contribution in [0.5, 0.6) is 0 Å². The molecule has 0 radical (unpaired) electrons. The van der Waals surface area contributed by atoms with Crippen LogP contribution in [0, 0.1) is 6.92 Å². The lowest BCUT2D eigenvalue weighted by molar-refractivity contribution is 0.0937. The van der Waals surface area contributed by atoms with Crippen molar-refractivity contribution in [1.29, 1.82) is 0 Å². The number of carbonyl (C=O) groups excluding carboxylic acids is 1. The molecule has 1 aliphatic carbocycles. The third-order valence-electron chi connectivity index (χ3n) is 2.95. The van der Waals surface area contributed by atoms with Crippen LogP contribution in [-0.4, -0.2) is 21.7 Å². The number of amides is 1. The lowest BCUT2D eigenvalue weighted by Crippen LogP contribution is -2.32. The van der Waals surface area contributed by atoms with Crippen molar-refractivity contribution in [3.8, 4) is 0 Å². The number of aromatic nitrogens is 2. The predicted octanol–water partition coefficient (Wildman–Crippen LogP) is 1.40. The monoisotopic (exact) mass is 207 g/mol. The zero-order valence-electron chi connectivity index (χ0n) is 9.29. The summed E-state index contributed by atoms with van der Waals surface area (Å²) in [6.07, 6.45) is 6.48. The molecule has 2 rings (SSSR count). The van der Waals surface area contributed by atoms with E-state index < -0.39 is 0 Å². The number of carbonyl (C=O) groups is 1. The van der Waals surface area contributed by atoms with Gasteiger partial charge in [-0.25, -0.2) is 0 Å². The molecule has 0 bridgehead atoms. The molecule has 82 valence electrons. The van der Waals surface area contributed by atoms with Gasteiger partial charge < -0.3 is 5.32 Å². The van der Waals surface area contributed by atoms with E-state index in [1.807, 2.05) is 14.0 Å². The molecular weight excluding hydrogens is 190 g/mol. The molecule has 0 aliphatic heterocycles. The first-order chi connectivity index (χ1) is 7.16. The van der Waals surface area contributed by atoms with Crippen LogP contribution in [-0.2, 0) is 7.05 Å². The Kier molecular flexibility index (Phi) is 2.75. The molecule has 1 fully saturated rings. The highest BCUT2D eigenvalue weighted by Crippen LogP contribution is 2.18. The number of rotatable bonds is 2. The van der Waals surface area contributed by atoms with Gasteiger partial charge in [0.05, 0.1) is 11.3 Å². The second-order valence-electron chi connectivity index (χ2n) is 4.26. The van der Waals surface area contributed by atoms with Gasteiger partial charge in [-0.3, -0.25) is 9.48 Å². The van der Waals surface area contributed by atoms with Crippen molar-refractivity contribution in [3.63, 3.8) is 0 Å². The molecule has 1 amide bonds. The maximum Gasteiger partial charge on any atom is 0.254 e. The summed E-state index contributed by atoms with van der Waals surface area (Å²) < 4.78 is 1.68. The smallest absolute Gasteiger partial charge is 0.254 e. The van der Waals surface area contributed by atoms with Crippen molar-refractivity contribution < 1.29 is 4.79 Å². The molecule has 0 spiro atoms. The summed E-state index contributed by atoms with van der Waals surface area (Å²) in [6, 6.07) is 0.372. The quantitative estimate of drug-likeness (QED) is 0.796. The molecule has 1 aromatic heterocycles. The minimum absolute atomic E-state index is 0.0208. The zero-order valence-corrected chi connectivity index (χ0v) is 9.29. The Morgan fingerprint density at radius 2 is 2.20 bits per heavy atom. The van der Waals surface area contributed by atoms with Crippen LogP contribution in [0.1, 0.15) is 41.7 Å². The van der Waals surface area contributed by atoms with Gasteiger partial charge in [0.1, 0.15) is 0 Å². The number of hydrogen-bond donors (Lipinski definition) is 1. The normalized spacial score (nSPS) is 16.9. The van der Waals surface area contributed by atoms with E-state index in [1.54, 1.807) is 10.9 Å². The Morgan fingerprint density at radius 3 is 2.73 bits per heavy atom. The molecule has 1 N–H and O–H groups in total. The molecule has 1 heterocycles. The van der Waals surface area contributed by atoms with Crippen molar-refractivity contribution in [1.82, 2.24) is 15.1 Å². The van der Waals surface area contributed by atoms with E-state index in [0.29, 0.717) is 11.6 Å². The van der Waals surface area contributed by atoms with Gasteiger partial charge >= 0.3 is 0 Å². The third kappa shape index (κ3) is 2.19. The van der Waals surface area contributed by atoms with Crippen molar-refractivity contribution in [2.24, 2.45) is 7.05 Å². The topological polar surface area (TPSA) is 46.9 Å². The van der Waals surface area contributed by atoms with Gasteiger partial charge in [0.2, 0.25) is 0 Å². The molecule has 1 aliphatic rings. The highest BCUT2D eigenvalue weighted by atomic mass is 16.1. The van der Waals surface area contributed by atoms with Crippen LogP contribution < -0.4 is 5.32 Å². The third-order valence-corrected chi connectivity index (χ3v) is 2.95. The van der Waals surface area contributed by atoms with E-state index in [-0.39, 0.29) is 5.91 Å². The van der Waals surface area contributed by atoms with Gasteiger partial charge in [0, 0.05) is 19.3 Å². The Labute approximate surface area is 89.7 Å². The lowest BCUT2D eigenvalue weighted by Gasteiger charge is -2.10. The fraction of sp³-hybridized carbons (Fsp3) is 0.636. The van der Waals surface area contributed by atoms with E-state index in [4.69, 9.17) is 0 Å². The van der Waals surface area contributed by atoms with Gasteiger partial charge in [-0.05, 0) is 19.8 Å². The van der Waals surface area contributed by atoms with Crippen LogP contribution in [0.2, 0.25) is 0 Å². The number of nitrogens with zero attached hydrogens (tertiary/aromatic N) is 2. The highest BCUT2D eigenvalue weighted by molar-refractivity contribution is 5.95. The summed E-state index contributed by atoms with van der Waals surface area (Å²) in [5, 5.41) is 7.22. The van der Waals surface area contributed by atoms with E-state index >= 15 is 0 Å². The molecule has 1 aromatic rings. The van der Waals surface area contributed by atoms with Crippen LogP contribution in [0.15, 0.2) is 6.20 Å². The van der Waals surface area contributed by atoms with E-state index in [0.717, 1.165) is 18.5 Å². The van der Waals surface area contributed by atoms with E-state index in [9.17, 15) is 4.79 Å². The Morgan fingerprint density at radius 1 is 1.53 bits per heavy atom. The molecule has 0 saturated heterocycles. The summed E-state index contributed by atoms with van der Waals surface area (Å²) in [4.78, 5) is 11.9. The van der Waals surface area contributed by atoms with Gasteiger partial charge in [0.15, 0.2) is 0 Å². The maximum absolute atomic E-state index is 11.9. The molecule has 1 saturated carbocycles. The van der Waals surface area contributed by atoms with Crippen LogP contribution in [0.25, 0.3) is 0 Å². The molecule has 15 heavy (non-hydrogen) atoms. The van der Waals surface area contributed by atoms with Crippen LogP contribution >= 0.6 is 0 Å². The van der Waals surface area contributed by atoms with E-state index in [1.165, 1.54) is 12.8 Å². The summed E-state index contributed by atoms with van der Waals surface area (Å²) in [6.45, 7) is 1.86. The van der Waals surface area contributed by atoms with Crippen molar-refractivity contribution in [2.45, 2.75) is 38.6 Å². The Balaban J connectivity index is 2.03. The SMILES string of the molecule is Cc1nn(C)cc1C(=O)NC1CCCC1. The molecule has 0 aromatic carbocycles. The lowest BCUT2D eigenvalue weighted by atomic mass is 10.2. The maximum atomic E-state index is 11.9. The van der Waals surface area contributed by atoms with Crippen LogP contribution in [0.4, 0.5) is 0 Å². The average molecular weight is 207 g/mol. The zero-order chi connectivity index (χ0) is 10.8. The van der Waals surface area contributed by atoms with Gasteiger partial charge in [-0.15, -0.1) is 0 Å². The molecule has 0 atom stereocenters. The first-order valence-electron chi connectivity index (χ1n) is 5.48. The summed E-state index contributed by atoms with van der Waals surface area (Å²) in [7, 11) is 1.83. The number of aryl methyl sites for hydroxylation is 2. The van der Waals surface area contributed by atoms with Crippen LogP contribution in [0.3, 0.4) is 0 Å². The van der Waals surface area contributed by atoms with Gasteiger partial charge in [0.25, 0.3) is 5.91 Å². The standard InChI is InChI=1S/C11H17N3O/c1-8-10(7-14(2)13-8)11(15)12-9-5-3-4-6-9/h7,9H,3-6H2,1-2H3,(H,12,15). The molecule has 4 nitrogen and oxygen atoms in total. The largest absolute Gasteiger partial charge is 0.349 e. The van der Waals surface area contributed by atoms with Gasteiger partial charge in [-0.2, -0.15) is 5.10 Å². The first-order valence-corrected chi connectivity index (χ1v) is 5.48. The van der Waals surface area contributed by atoms with E-state index in [2.05, 4.69) is 10.4 Å². The summed E-state index contributed by atoms with van der Waals surface area (Å²) in [5.74, 6) is 0.0208. The van der Waals surface area contributed by atoms with Gasteiger partial charge in [-0.1, -0.05) is 12.8 Å². The Bertz CT molecular complexity index is 364. The predicted molar refractivity (Wildman–Crippen MR) is 57.7 cm³/mol. The summed E-state index contributed by atoms with van der Waals surface area (Å²) >= 11 is 0. The molecular formula is C11H17N3O. The second kappa shape index (κ2) is 4.04. The van der Waals surface area contributed by atoms with Crippen molar-refractivity contribution >= 4 is 5.91 Å². The van der Waals surface area contributed by atoms with Crippen molar-refractivity contribution in [2.75, 3.05) is 0 Å². The fourth-order valence-electron chi connectivity index (χ4n) is 2.16. The number of hydrogen-bond acceptors (Lipinski definition) is 2. The summed E-state index contributed by atoms with van der Waals surface area (Å²) in [5.41, 5.74) is 1.50. The minimum Gasteiger partial charge on any atom is -0.349 e. The first kappa shape index (κ1) is 10.2. The highest BCUT2D eigenvalue weighted by Gasteiger charge is 2.19. The second-order valence-corrected chi connectivity index (χ2v) is 4.26. The number of nitrogens with one attached hydrogen (secondary N) is 1. The molecule has 4 heteroatoms. The average Bonchev–Trinajstić information content (AvgIpc) is 2.75. The fourth-order valence-corrected chi connectivity index (χ4v) is 2.16. The Hall–Kier alpha value is -1.32. The van der Waals surface area contributed by atoms with Crippen molar-refractivity contribution in [3.05, 3.63) is 17.5 Å².